The third-order valence-electron chi connectivity index (χ3n) is 2.14. The fourth-order valence-corrected chi connectivity index (χ4v) is 1.73. The second kappa shape index (κ2) is 4.13. The molecule has 0 unspecified atom stereocenters. The summed E-state index contributed by atoms with van der Waals surface area (Å²) in [7, 11) is 1.41. The normalized spacial score (nSPS) is 10.4. The van der Waals surface area contributed by atoms with Gasteiger partial charge in [0, 0.05) is 11.6 Å². The quantitative estimate of drug-likeness (QED) is 0.891. The van der Waals surface area contributed by atoms with E-state index in [0.717, 1.165) is 0 Å². The lowest BCUT2D eigenvalue weighted by Crippen LogP contribution is -1.93. The Morgan fingerprint density at radius 2 is 2.25 bits per heavy atom. The number of aromatic nitrogens is 2. The Morgan fingerprint density at radius 1 is 1.50 bits per heavy atom. The van der Waals surface area contributed by atoms with E-state index in [-0.39, 0.29) is 5.75 Å². The fraction of sp³-hybridized carbons (Fsp3) is 0.100. The smallest absolute Gasteiger partial charge is 0.179 e. The van der Waals surface area contributed by atoms with Crippen molar-refractivity contribution in [3.63, 3.8) is 0 Å². The summed E-state index contributed by atoms with van der Waals surface area (Å²) in [6, 6.07) is 4.94. The van der Waals surface area contributed by atoms with Crippen molar-refractivity contribution in [3.05, 3.63) is 28.5 Å². The molecule has 2 rings (SSSR count). The first-order valence-electron chi connectivity index (χ1n) is 4.46. The van der Waals surface area contributed by atoms with Gasteiger partial charge in [0.2, 0.25) is 0 Å². The summed E-state index contributed by atoms with van der Waals surface area (Å²) in [5.41, 5.74) is 6.68. The minimum Gasteiger partial charge on any atom is -0.493 e. The zero-order chi connectivity index (χ0) is 11.7. The summed E-state index contributed by atoms with van der Waals surface area (Å²) < 4.78 is 19.1. The van der Waals surface area contributed by atoms with Crippen molar-refractivity contribution >= 4 is 21.7 Å². The second-order valence-electron chi connectivity index (χ2n) is 3.15. The van der Waals surface area contributed by atoms with Crippen LogP contribution < -0.4 is 10.5 Å². The number of halogens is 2. The molecule has 6 heteroatoms. The number of ether oxygens (including phenoxy) is 1. The Bertz CT molecular complexity index is 527. The van der Waals surface area contributed by atoms with Gasteiger partial charge >= 0.3 is 0 Å². The summed E-state index contributed by atoms with van der Waals surface area (Å²) in [6.45, 7) is 0. The Balaban J connectivity index is 2.61. The molecule has 1 heterocycles. The van der Waals surface area contributed by atoms with Gasteiger partial charge in [-0.15, -0.1) is 0 Å². The van der Waals surface area contributed by atoms with Crippen molar-refractivity contribution in [2.75, 3.05) is 12.8 Å². The highest BCUT2D eigenvalue weighted by Gasteiger charge is 2.15. The van der Waals surface area contributed by atoms with Gasteiger partial charge in [-0.05, 0) is 28.1 Å². The molecule has 0 aliphatic rings. The minimum absolute atomic E-state index is 0.151. The highest BCUT2D eigenvalue weighted by molar-refractivity contribution is 9.10. The van der Waals surface area contributed by atoms with Crippen LogP contribution in [-0.4, -0.2) is 17.3 Å². The van der Waals surface area contributed by atoms with Crippen molar-refractivity contribution in [2.24, 2.45) is 0 Å². The number of nitrogen functional groups attached to an aromatic ring is 1. The van der Waals surface area contributed by atoms with Crippen LogP contribution in [0.5, 0.6) is 5.75 Å². The number of methoxy groups -OCH3 is 1. The summed E-state index contributed by atoms with van der Waals surface area (Å²) in [6.07, 6.45) is 0. The molecule has 0 bridgehead atoms. The lowest BCUT2D eigenvalue weighted by atomic mass is 10.1. The molecule has 1 aromatic heterocycles. The van der Waals surface area contributed by atoms with Gasteiger partial charge in [0.1, 0.15) is 5.82 Å². The molecular formula is C10H9BrFN3O. The minimum atomic E-state index is -0.451. The van der Waals surface area contributed by atoms with Crippen LogP contribution >= 0.6 is 15.9 Å². The topological polar surface area (TPSA) is 63.9 Å². The number of aromatic amines is 1. The maximum Gasteiger partial charge on any atom is 0.179 e. The van der Waals surface area contributed by atoms with Crippen LogP contribution in [0.2, 0.25) is 0 Å². The molecule has 0 aliphatic heterocycles. The van der Waals surface area contributed by atoms with Crippen LogP contribution in [0.15, 0.2) is 22.7 Å². The number of hydrogen-bond donors (Lipinski definition) is 2. The Labute approximate surface area is 99.7 Å². The van der Waals surface area contributed by atoms with Gasteiger partial charge in [0.25, 0.3) is 0 Å². The summed E-state index contributed by atoms with van der Waals surface area (Å²) >= 11 is 3.09. The number of nitrogens with one attached hydrogen (secondary N) is 1. The van der Waals surface area contributed by atoms with E-state index in [1.165, 1.54) is 7.11 Å². The lowest BCUT2D eigenvalue weighted by molar-refractivity contribution is 0.387. The molecular weight excluding hydrogens is 277 g/mol. The van der Waals surface area contributed by atoms with Crippen LogP contribution in [0.25, 0.3) is 11.3 Å². The fourth-order valence-electron chi connectivity index (χ4n) is 1.42. The van der Waals surface area contributed by atoms with E-state index in [1.54, 1.807) is 18.2 Å². The molecule has 0 fully saturated rings. The third-order valence-corrected chi connectivity index (χ3v) is 2.75. The molecule has 0 atom stereocenters. The van der Waals surface area contributed by atoms with Crippen molar-refractivity contribution in [2.45, 2.75) is 0 Å². The standard InChI is InChI=1S/C10H9BrFN3O/c1-16-10-5(2-3-6(11)9(10)12)7-4-8(13)15-14-7/h2-4H,1H3,(H3,13,14,15). The molecule has 1 aromatic carbocycles. The van der Waals surface area contributed by atoms with E-state index >= 15 is 0 Å². The van der Waals surface area contributed by atoms with Gasteiger partial charge < -0.3 is 10.5 Å². The van der Waals surface area contributed by atoms with Crippen LogP contribution in [0.1, 0.15) is 0 Å². The number of anilines is 1. The predicted molar refractivity (Wildman–Crippen MR) is 62.6 cm³/mol. The number of nitrogens with zero attached hydrogens (tertiary/aromatic N) is 1. The molecule has 0 amide bonds. The first-order chi connectivity index (χ1) is 7.63. The van der Waals surface area contributed by atoms with E-state index in [2.05, 4.69) is 26.1 Å². The number of benzene rings is 1. The zero-order valence-electron chi connectivity index (χ0n) is 8.42. The molecule has 0 saturated carbocycles. The maximum absolute atomic E-state index is 13.7. The van der Waals surface area contributed by atoms with Gasteiger partial charge in [0.05, 0.1) is 17.3 Å². The maximum atomic E-state index is 13.7. The first kappa shape index (κ1) is 10.9. The van der Waals surface area contributed by atoms with E-state index in [0.29, 0.717) is 21.5 Å². The number of H-pyrrole nitrogens is 1. The molecule has 3 N–H and O–H groups in total. The predicted octanol–water partition coefficient (Wildman–Crippen LogP) is 2.57. The van der Waals surface area contributed by atoms with Crippen molar-refractivity contribution in [3.8, 4) is 17.0 Å². The largest absolute Gasteiger partial charge is 0.493 e. The second-order valence-corrected chi connectivity index (χ2v) is 4.00. The van der Waals surface area contributed by atoms with Crippen LogP contribution in [0.3, 0.4) is 0 Å². The zero-order valence-corrected chi connectivity index (χ0v) is 10.0. The highest BCUT2D eigenvalue weighted by atomic mass is 79.9. The first-order valence-corrected chi connectivity index (χ1v) is 5.26. The highest BCUT2D eigenvalue weighted by Crippen LogP contribution is 2.35. The average Bonchev–Trinajstić information content (AvgIpc) is 2.68. The summed E-state index contributed by atoms with van der Waals surface area (Å²) in [4.78, 5) is 0. The molecule has 4 nitrogen and oxygen atoms in total. The van der Waals surface area contributed by atoms with Crippen molar-refractivity contribution < 1.29 is 9.13 Å². The number of nitrogens with two attached hydrogens (primary N) is 1. The van der Waals surface area contributed by atoms with Crippen LogP contribution in [0, 0.1) is 5.82 Å². The summed E-state index contributed by atoms with van der Waals surface area (Å²) in [5, 5.41) is 6.49. The Kier molecular flexibility index (Phi) is 2.82. The van der Waals surface area contributed by atoms with Crippen molar-refractivity contribution in [1.82, 2.24) is 10.2 Å². The van der Waals surface area contributed by atoms with Crippen LogP contribution in [0.4, 0.5) is 10.2 Å². The van der Waals surface area contributed by atoms with E-state index in [4.69, 9.17) is 10.5 Å². The number of rotatable bonds is 2. The van der Waals surface area contributed by atoms with Gasteiger partial charge in [-0.25, -0.2) is 4.39 Å². The molecule has 0 aliphatic carbocycles. The van der Waals surface area contributed by atoms with Gasteiger partial charge in [-0.1, -0.05) is 0 Å². The lowest BCUT2D eigenvalue weighted by Gasteiger charge is -2.08. The molecule has 0 saturated heterocycles. The molecule has 16 heavy (non-hydrogen) atoms. The van der Waals surface area contributed by atoms with Crippen molar-refractivity contribution in [1.29, 1.82) is 0 Å². The Hall–Kier alpha value is -1.56. The van der Waals surface area contributed by atoms with Crippen LogP contribution in [-0.2, 0) is 0 Å². The van der Waals surface area contributed by atoms with Gasteiger partial charge in [0.15, 0.2) is 11.6 Å². The van der Waals surface area contributed by atoms with E-state index < -0.39 is 5.82 Å². The van der Waals surface area contributed by atoms with Gasteiger partial charge in [-0.2, -0.15) is 5.10 Å². The SMILES string of the molecule is COc1c(-c2cc(N)n[nH]2)ccc(Br)c1F. The third kappa shape index (κ3) is 1.76. The molecule has 2 aromatic rings. The van der Waals surface area contributed by atoms with Gasteiger partial charge in [-0.3, -0.25) is 5.10 Å². The number of hydrogen-bond acceptors (Lipinski definition) is 3. The average molecular weight is 286 g/mol. The molecule has 0 spiro atoms. The van der Waals surface area contributed by atoms with E-state index in [9.17, 15) is 4.39 Å². The van der Waals surface area contributed by atoms with E-state index in [1.807, 2.05) is 0 Å². The monoisotopic (exact) mass is 285 g/mol. The Morgan fingerprint density at radius 3 is 2.81 bits per heavy atom. The molecule has 84 valence electrons. The summed E-state index contributed by atoms with van der Waals surface area (Å²) in [5.74, 6) is 0.0478. The molecule has 0 radical (unpaired) electrons.